The molecule has 8 nitrogen and oxygen atoms in total. The molecule has 0 radical (unpaired) electrons. The summed E-state index contributed by atoms with van der Waals surface area (Å²) in [6.45, 7) is 12.7. The quantitative estimate of drug-likeness (QED) is 0.247. The Hall–Kier alpha value is -2.29. The van der Waals surface area contributed by atoms with Gasteiger partial charge < -0.3 is 39.6 Å². The van der Waals surface area contributed by atoms with Crippen molar-refractivity contribution in [3.63, 3.8) is 0 Å². The molecular weight excluding hydrogens is 499 g/mol. The summed E-state index contributed by atoms with van der Waals surface area (Å²) in [6.07, 6.45) is 4.93. The van der Waals surface area contributed by atoms with Crippen molar-refractivity contribution in [1.82, 2.24) is 0 Å². The van der Waals surface area contributed by atoms with Gasteiger partial charge in [0.05, 0.1) is 0 Å². The fourth-order valence-corrected chi connectivity index (χ4v) is 0.471. The van der Waals surface area contributed by atoms with Gasteiger partial charge in [-0.25, -0.2) is 0 Å². The monoisotopic (exact) mass is 520 g/mol. The molecule has 0 spiro atoms. The molecule has 9 heteroatoms. The minimum Gasteiger partial charge on any atom is -0.550 e. The number of rotatable bonds is 8. The molecule has 0 rings (SSSR count). The van der Waals surface area contributed by atoms with E-state index in [1.54, 1.807) is 0 Å². The van der Waals surface area contributed by atoms with Crippen LogP contribution in [0.1, 0.15) is 25.7 Å². The zero-order chi connectivity index (χ0) is 20.0. The van der Waals surface area contributed by atoms with Gasteiger partial charge in [-0.15, -0.1) is 26.3 Å². The van der Waals surface area contributed by atoms with Crippen molar-refractivity contribution in [2.75, 3.05) is 0 Å². The smallest absolute Gasteiger partial charge is 0.550 e. The van der Waals surface area contributed by atoms with Gasteiger partial charge >= 0.3 is 25.8 Å². The molecular formula is C16H20HfO8. The first-order valence-electron chi connectivity index (χ1n) is 6.31. The first-order chi connectivity index (χ1) is 11.1. The van der Waals surface area contributed by atoms with Crippen LogP contribution in [0.25, 0.3) is 0 Å². The molecule has 0 saturated carbocycles. The summed E-state index contributed by atoms with van der Waals surface area (Å²) in [5.41, 5.74) is 0. The van der Waals surface area contributed by atoms with Crippen LogP contribution >= 0.6 is 0 Å². The van der Waals surface area contributed by atoms with Gasteiger partial charge in [-0.1, -0.05) is 24.3 Å². The van der Waals surface area contributed by atoms with Crippen molar-refractivity contribution >= 4 is 23.9 Å². The first-order valence-corrected chi connectivity index (χ1v) is 6.31. The van der Waals surface area contributed by atoms with E-state index in [-0.39, 0.29) is 51.5 Å². The molecule has 136 valence electrons. The number of carbonyl (C=O) groups excluding carboxylic acids is 4. The molecule has 0 heterocycles. The maximum absolute atomic E-state index is 9.42. The average Bonchev–Trinajstić information content (AvgIpc) is 2.39. The molecule has 0 aromatic carbocycles. The fourth-order valence-electron chi connectivity index (χ4n) is 0.471. The minimum absolute atomic E-state index is 0. The largest absolute Gasteiger partial charge is 4.00 e. The summed E-state index contributed by atoms with van der Waals surface area (Å²) in [6, 6.07) is 0. The van der Waals surface area contributed by atoms with E-state index in [2.05, 4.69) is 26.3 Å². The van der Waals surface area contributed by atoms with Gasteiger partial charge in [-0.2, -0.15) is 0 Å². The van der Waals surface area contributed by atoms with Crippen LogP contribution in [0.4, 0.5) is 0 Å². The van der Waals surface area contributed by atoms with Gasteiger partial charge in [0.2, 0.25) is 0 Å². The molecule has 0 aromatic rings. The molecule has 0 unspecified atom stereocenters. The van der Waals surface area contributed by atoms with Crippen LogP contribution in [-0.2, 0) is 45.0 Å². The zero-order valence-electron chi connectivity index (χ0n) is 13.7. The Labute approximate surface area is 165 Å². The second-order valence-electron chi connectivity index (χ2n) is 3.46. The third-order valence-corrected chi connectivity index (χ3v) is 1.24. The Balaban J connectivity index is -0.0000000702. The molecule has 0 saturated heterocycles. The van der Waals surface area contributed by atoms with E-state index < -0.39 is 23.9 Å². The number of hydrogen-bond acceptors (Lipinski definition) is 8. The predicted octanol–water partition coefficient (Wildman–Crippen LogP) is -2.75. The number of carbonyl (C=O) groups is 4. The van der Waals surface area contributed by atoms with Crippen LogP contribution in [0, 0.1) is 0 Å². The van der Waals surface area contributed by atoms with Crippen molar-refractivity contribution in [2.24, 2.45) is 0 Å². The molecule has 25 heavy (non-hydrogen) atoms. The molecule has 0 aliphatic carbocycles. The van der Waals surface area contributed by atoms with Crippen LogP contribution < -0.4 is 20.4 Å². The molecule has 0 N–H and O–H groups in total. The first kappa shape index (κ1) is 34.1. The summed E-state index contributed by atoms with van der Waals surface area (Å²) in [4.78, 5) is 37.7. The summed E-state index contributed by atoms with van der Waals surface area (Å²) in [5, 5.41) is 37.7. The van der Waals surface area contributed by atoms with Crippen molar-refractivity contribution < 1.29 is 65.4 Å². The van der Waals surface area contributed by atoms with E-state index in [1.807, 2.05) is 0 Å². The van der Waals surface area contributed by atoms with Crippen molar-refractivity contribution in [3.05, 3.63) is 50.6 Å². The van der Waals surface area contributed by atoms with Crippen molar-refractivity contribution in [3.8, 4) is 0 Å². The topological polar surface area (TPSA) is 161 Å². The molecule has 0 aromatic heterocycles. The van der Waals surface area contributed by atoms with Gasteiger partial charge in [0.15, 0.2) is 0 Å². The van der Waals surface area contributed by atoms with Crippen LogP contribution in [0.3, 0.4) is 0 Å². The van der Waals surface area contributed by atoms with Crippen LogP contribution in [-0.4, -0.2) is 23.9 Å². The molecule has 0 aliphatic heterocycles. The maximum Gasteiger partial charge on any atom is 4.00 e. The standard InChI is InChI=1S/4C4H6O2.Hf/c4*1-2-3-4(5)6;/h4*2H,1,3H2,(H,5,6);/q;;;;+4/p-4. The Morgan fingerprint density at radius 3 is 0.640 bits per heavy atom. The molecule has 0 aliphatic rings. The van der Waals surface area contributed by atoms with E-state index >= 15 is 0 Å². The number of hydrogen-bond donors (Lipinski definition) is 0. The second-order valence-corrected chi connectivity index (χ2v) is 3.46. The Kier molecular flexibility index (Phi) is 40.5. The van der Waals surface area contributed by atoms with Crippen molar-refractivity contribution in [2.45, 2.75) is 25.7 Å². The third kappa shape index (κ3) is 89.5. The van der Waals surface area contributed by atoms with Gasteiger partial charge in [0.1, 0.15) is 0 Å². The minimum atomic E-state index is -1.08. The summed E-state index contributed by atoms with van der Waals surface area (Å²) < 4.78 is 0. The predicted molar refractivity (Wildman–Crippen MR) is 79.3 cm³/mol. The van der Waals surface area contributed by atoms with Crippen LogP contribution in [0.15, 0.2) is 50.6 Å². The third-order valence-electron chi connectivity index (χ3n) is 1.24. The Morgan fingerprint density at radius 2 is 0.640 bits per heavy atom. The molecule has 0 fully saturated rings. The molecule has 0 amide bonds. The molecule has 0 bridgehead atoms. The summed E-state index contributed by atoms with van der Waals surface area (Å²) in [5.74, 6) is -4.31. The SMILES string of the molecule is C=CCC(=O)[O-].C=CCC(=O)[O-].C=CCC(=O)[O-].C=CCC(=O)[O-].[Hf+4]. The van der Waals surface area contributed by atoms with Gasteiger partial charge in [0, 0.05) is 49.6 Å². The zero-order valence-corrected chi connectivity index (χ0v) is 17.3. The summed E-state index contributed by atoms with van der Waals surface area (Å²) >= 11 is 0. The van der Waals surface area contributed by atoms with Gasteiger partial charge in [-0.05, 0) is 0 Å². The second kappa shape index (κ2) is 29.7. The molecule has 0 atom stereocenters. The van der Waals surface area contributed by atoms with Gasteiger partial charge in [0.25, 0.3) is 0 Å². The maximum atomic E-state index is 9.42. The van der Waals surface area contributed by atoms with E-state index in [4.69, 9.17) is 0 Å². The number of aliphatic carboxylic acids is 4. The normalized spacial score (nSPS) is 7.04. The Bertz CT molecular complexity index is 350. The van der Waals surface area contributed by atoms with Crippen LogP contribution in [0.5, 0.6) is 0 Å². The van der Waals surface area contributed by atoms with E-state index in [0.29, 0.717) is 0 Å². The van der Waals surface area contributed by atoms with E-state index in [1.165, 1.54) is 24.3 Å². The Morgan fingerprint density at radius 1 is 0.520 bits per heavy atom. The van der Waals surface area contributed by atoms with Gasteiger partial charge in [-0.3, -0.25) is 0 Å². The van der Waals surface area contributed by atoms with E-state index in [0.717, 1.165) is 0 Å². The fraction of sp³-hybridized carbons (Fsp3) is 0.250. The number of carboxylic acids is 4. The number of carboxylic acid groups (broad SMARTS) is 4. The van der Waals surface area contributed by atoms with Crippen LogP contribution in [0.2, 0.25) is 0 Å². The van der Waals surface area contributed by atoms with E-state index in [9.17, 15) is 39.6 Å². The summed E-state index contributed by atoms with van der Waals surface area (Å²) in [7, 11) is 0. The van der Waals surface area contributed by atoms with Crippen molar-refractivity contribution in [1.29, 1.82) is 0 Å². The average molecular weight is 519 g/mol.